The molecule has 2 rings (SSSR count). The molecule has 1 N–H and O–H groups in total. The van der Waals surface area contributed by atoms with Crippen LogP contribution in [0.15, 0.2) is 48.7 Å². The Hall–Kier alpha value is -1.65. The zero-order valence-corrected chi connectivity index (χ0v) is 13.0. The highest BCUT2D eigenvalue weighted by molar-refractivity contribution is 6.46. The van der Waals surface area contributed by atoms with Crippen LogP contribution >= 0.6 is 0 Å². The highest BCUT2D eigenvalue weighted by Gasteiger charge is 2.35. The van der Waals surface area contributed by atoms with Crippen molar-refractivity contribution in [2.75, 3.05) is 0 Å². The predicted octanol–water partition coefficient (Wildman–Crippen LogP) is 2.56. The number of nitrogens with zero attached hydrogens (tertiary/aromatic N) is 1. The Morgan fingerprint density at radius 3 is 2.19 bits per heavy atom. The summed E-state index contributed by atoms with van der Waals surface area (Å²) in [6, 6.07) is 13.9. The zero-order valence-electron chi connectivity index (χ0n) is 13.0. The molecule has 0 unspecified atom stereocenters. The van der Waals surface area contributed by atoms with Crippen molar-refractivity contribution in [2.24, 2.45) is 0 Å². The van der Waals surface area contributed by atoms with Crippen molar-refractivity contribution < 1.29 is 9.76 Å². The van der Waals surface area contributed by atoms with E-state index in [1.54, 1.807) is 27.5 Å². The Balaban J connectivity index is 2.04. The third-order valence-corrected chi connectivity index (χ3v) is 3.82. The van der Waals surface area contributed by atoms with E-state index in [9.17, 15) is 5.11 Å². The van der Waals surface area contributed by atoms with E-state index in [4.69, 9.17) is 4.65 Å². The highest BCUT2D eigenvalue weighted by Crippen LogP contribution is 2.24. The van der Waals surface area contributed by atoms with E-state index >= 15 is 0 Å². The lowest BCUT2D eigenvalue weighted by atomic mass is 9.83. The largest absolute Gasteiger partial charge is 0.427 e. The average Bonchev–Trinajstić information content (AvgIpc) is 2.45. The summed E-state index contributed by atoms with van der Waals surface area (Å²) in [6.45, 7) is 7.18. The maximum Gasteiger partial charge on any atom is 0.332 e. The summed E-state index contributed by atoms with van der Waals surface area (Å²) in [5.41, 5.74) is 1.27. The number of aromatic nitrogens is 1. The van der Waals surface area contributed by atoms with Crippen LogP contribution in [0.25, 0.3) is 11.3 Å². The molecule has 3 nitrogen and oxygen atoms in total. The first-order chi connectivity index (χ1) is 9.79. The van der Waals surface area contributed by atoms with Crippen LogP contribution in [-0.4, -0.2) is 28.8 Å². The third kappa shape index (κ3) is 3.93. The molecule has 0 atom stereocenters. The second-order valence-corrected chi connectivity index (χ2v) is 6.15. The fourth-order valence-corrected chi connectivity index (χ4v) is 1.61. The number of pyridine rings is 1. The van der Waals surface area contributed by atoms with Crippen molar-refractivity contribution in [1.82, 2.24) is 4.98 Å². The molecule has 0 amide bonds. The van der Waals surface area contributed by atoms with Gasteiger partial charge in [0.2, 0.25) is 0 Å². The molecular weight excluding hydrogens is 261 g/mol. The molecular formula is C17H21BNO2. The van der Waals surface area contributed by atoms with Crippen LogP contribution in [0.4, 0.5) is 0 Å². The summed E-state index contributed by atoms with van der Waals surface area (Å²) in [7, 11) is 1.64. The Bertz CT molecular complexity index is 574. The minimum absolute atomic E-state index is 0.675. The maximum absolute atomic E-state index is 10.1. The van der Waals surface area contributed by atoms with Gasteiger partial charge in [-0.1, -0.05) is 36.4 Å². The summed E-state index contributed by atoms with van der Waals surface area (Å²) in [5.74, 6) is 0. The van der Waals surface area contributed by atoms with E-state index in [1.807, 2.05) is 56.3 Å². The van der Waals surface area contributed by atoms with E-state index < -0.39 is 11.2 Å². The minimum atomic E-state index is -0.930. The standard InChI is InChI=1S/C17H21BNO2/c1-16(2,20)17(3,4)21-18-14-10-11-15(19-12-14)13-8-6-5-7-9-13/h5-12,20H,1-4H3. The van der Waals surface area contributed by atoms with Gasteiger partial charge in [-0.25, -0.2) is 0 Å². The van der Waals surface area contributed by atoms with Crippen LogP contribution in [0.3, 0.4) is 0 Å². The number of hydrogen-bond acceptors (Lipinski definition) is 3. The molecule has 0 saturated heterocycles. The fourth-order valence-electron chi connectivity index (χ4n) is 1.61. The molecule has 1 aromatic carbocycles. The first-order valence-electron chi connectivity index (χ1n) is 7.04. The Morgan fingerprint density at radius 2 is 1.67 bits per heavy atom. The Morgan fingerprint density at radius 1 is 1.00 bits per heavy atom. The third-order valence-electron chi connectivity index (χ3n) is 3.82. The molecule has 2 aromatic rings. The van der Waals surface area contributed by atoms with Gasteiger partial charge in [0.05, 0.1) is 16.9 Å². The second kappa shape index (κ2) is 6.00. The summed E-state index contributed by atoms with van der Waals surface area (Å²) < 4.78 is 5.71. The first-order valence-corrected chi connectivity index (χ1v) is 7.04. The van der Waals surface area contributed by atoms with Gasteiger partial charge >= 0.3 is 7.48 Å². The number of rotatable bonds is 5. The molecule has 0 bridgehead atoms. The monoisotopic (exact) mass is 282 g/mol. The Labute approximate surface area is 127 Å². The summed E-state index contributed by atoms with van der Waals surface area (Å²) >= 11 is 0. The van der Waals surface area contributed by atoms with Crippen LogP contribution in [0.2, 0.25) is 0 Å². The SMILES string of the molecule is CC(C)(O)C(C)(C)O[B]c1ccc(-c2ccccc2)nc1. The smallest absolute Gasteiger partial charge is 0.332 e. The van der Waals surface area contributed by atoms with Gasteiger partial charge in [0.25, 0.3) is 0 Å². The van der Waals surface area contributed by atoms with Crippen LogP contribution < -0.4 is 5.46 Å². The molecule has 1 heterocycles. The topological polar surface area (TPSA) is 42.4 Å². The van der Waals surface area contributed by atoms with Crippen molar-refractivity contribution in [3.05, 3.63) is 48.7 Å². The predicted molar refractivity (Wildman–Crippen MR) is 86.5 cm³/mol. The van der Waals surface area contributed by atoms with Gasteiger partial charge in [-0.05, 0) is 39.2 Å². The van der Waals surface area contributed by atoms with Crippen molar-refractivity contribution >= 4 is 12.9 Å². The molecule has 1 aromatic heterocycles. The van der Waals surface area contributed by atoms with Gasteiger partial charge in [0.1, 0.15) is 0 Å². The normalized spacial score (nSPS) is 12.2. The van der Waals surface area contributed by atoms with E-state index in [-0.39, 0.29) is 0 Å². The summed E-state index contributed by atoms with van der Waals surface area (Å²) in [5, 5.41) is 10.1. The quantitative estimate of drug-likeness (QED) is 0.857. The van der Waals surface area contributed by atoms with E-state index in [0.29, 0.717) is 0 Å². The number of aliphatic hydroxyl groups is 1. The van der Waals surface area contributed by atoms with Crippen LogP contribution in [0.5, 0.6) is 0 Å². The lowest BCUT2D eigenvalue weighted by Gasteiger charge is -2.37. The lowest BCUT2D eigenvalue weighted by molar-refractivity contribution is -0.0893. The van der Waals surface area contributed by atoms with Gasteiger partial charge in [0.15, 0.2) is 0 Å². The second-order valence-electron chi connectivity index (χ2n) is 6.15. The number of benzene rings is 1. The number of hydrogen-bond donors (Lipinski definition) is 1. The summed E-state index contributed by atoms with van der Waals surface area (Å²) in [4.78, 5) is 4.44. The first kappa shape index (κ1) is 15.7. The van der Waals surface area contributed by atoms with E-state index in [0.717, 1.165) is 16.7 Å². The molecule has 0 aliphatic heterocycles. The zero-order chi connectivity index (χ0) is 15.5. The van der Waals surface area contributed by atoms with Crippen LogP contribution in [0, 0.1) is 0 Å². The molecule has 0 aliphatic rings. The molecule has 1 radical (unpaired) electrons. The lowest BCUT2D eigenvalue weighted by Crippen LogP contribution is -2.49. The van der Waals surface area contributed by atoms with Crippen molar-refractivity contribution in [2.45, 2.75) is 38.9 Å². The Kier molecular flexibility index (Phi) is 4.50. The van der Waals surface area contributed by atoms with Crippen LogP contribution in [0.1, 0.15) is 27.7 Å². The van der Waals surface area contributed by atoms with Gasteiger partial charge in [-0.15, -0.1) is 0 Å². The van der Waals surface area contributed by atoms with E-state index in [2.05, 4.69) is 4.98 Å². The molecule has 109 valence electrons. The molecule has 0 spiro atoms. The van der Waals surface area contributed by atoms with Gasteiger partial charge in [0, 0.05) is 11.8 Å². The van der Waals surface area contributed by atoms with Crippen molar-refractivity contribution in [3.8, 4) is 11.3 Å². The maximum atomic E-state index is 10.1. The van der Waals surface area contributed by atoms with Crippen LogP contribution in [-0.2, 0) is 4.65 Å². The van der Waals surface area contributed by atoms with Crippen molar-refractivity contribution in [1.29, 1.82) is 0 Å². The molecule has 21 heavy (non-hydrogen) atoms. The molecule has 0 fully saturated rings. The highest BCUT2D eigenvalue weighted by atomic mass is 16.5. The van der Waals surface area contributed by atoms with Crippen molar-refractivity contribution in [3.63, 3.8) is 0 Å². The van der Waals surface area contributed by atoms with Gasteiger partial charge < -0.3 is 9.76 Å². The fraction of sp³-hybridized carbons (Fsp3) is 0.353. The minimum Gasteiger partial charge on any atom is -0.427 e. The average molecular weight is 282 g/mol. The molecule has 4 heteroatoms. The van der Waals surface area contributed by atoms with E-state index in [1.165, 1.54) is 0 Å². The molecule has 0 saturated carbocycles. The van der Waals surface area contributed by atoms with Gasteiger partial charge in [-0.2, -0.15) is 0 Å². The molecule has 0 aliphatic carbocycles. The summed E-state index contributed by atoms with van der Waals surface area (Å²) in [6.07, 6.45) is 1.77. The van der Waals surface area contributed by atoms with Gasteiger partial charge in [-0.3, -0.25) is 4.98 Å².